The quantitative estimate of drug-likeness (QED) is 0.0419. The van der Waals surface area contributed by atoms with Gasteiger partial charge in [-0.05, 0) is 57.8 Å². The number of nitrogens with one attached hydrogen (secondary N) is 1. The summed E-state index contributed by atoms with van der Waals surface area (Å²) in [6.07, 6.45) is 42.7. The van der Waals surface area contributed by atoms with Gasteiger partial charge >= 0.3 is 0 Å². The topological polar surface area (TPSA) is 89.8 Å². The van der Waals surface area contributed by atoms with Gasteiger partial charge in [0, 0.05) is 0 Å². The van der Waals surface area contributed by atoms with E-state index in [-0.39, 0.29) is 18.9 Å². The van der Waals surface area contributed by atoms with E-state index in [4.69, 9.17) is 0 Å². The Morgan fingerprint density at radius 2 is 0.956 bits per heavy atom. The summed E-state index contributed by atoms with van der Waals surface area (Å²) in [4.78, 5) is 12.4. The van der Waals surface area contributed by atoms with Crippen molar-refractivity contribution in [3.8, 4) is 0 Å². The highest BCUT2D eigenvalue weighted by molar-refractivity contribution is 5.76. The second-order valence-corrected chi connectivity index (χ2v) is 13.2. The molecule has 4 N–H and O–H groups in total. The van der Waals surface area contributed by atoms with E-state index >= 15 is 0 Å². The molecule has 0 aliphatic heterocycles. The number of amides is 1. The van der Waals surface area contributed by atoms with Crippen LogP contribution in [0.5, 0.6) is 0 Å². The fourth-order valence-electron chi connectivity index (χ4n) is 5.64. The fraction of sp³-hybridized carbons (Fsp3) is 0.825. The van der Waals surface area contributed by atoms with Crippen molar-refractivity contribution in [2.45, 2.75) is 205 Å². The summed E-state index contributed by atoms with van der Waals surface area (Å²) in [6, 6.07) is -0.761. The number of hydrogen-bond donors (Lipinski definition) is 4. The number of unbranched alkanes of at least 4 members (excludes halogenated alkanes) is 21. The van der Waals surface area contributed by atoms with Crippen LogP contribution >= 0.6 is 0 Å². The molecule has 5 heteroatoms. The minimum Gasteiger partial charge on any atom is -0.394 e. The molecule has 0 aromatic heterocycles. The Morgan fingerprint density at radius 1 is 0.556 bits per heavy atom. The molecule has 3 atom stereocenters. The van der Waals surface area contributed by atoms with Crippen molar-refractivity contribution in [1.82, 2.24) is 5.32 Å². The molecule has 0 aliphatic carbocycles. The minimum absolute atomic E-state index is 0.000120. The van der Waals surface area contributed by atoms with Gasteiger partial charge < -0.3 is 20.6 Å². The number of carbonyl (C=O) groups excluding carboxylic acids is 1. The van der Waals surface area contributed by atoms with E-state index in [9.17, 15) is 20.1 Å². The molecule has 0 bridgehead atoms. The molecule has 0 radical (unpaired) electrons. The molecule has 0 aliphatic rings. The van der Waals surface area contributed by atoms with Gasteiger partial charge in [-0.25, -0.2) is 0 Å². The Hall–Kier alpha value is -1.43. The predicted octanol–water partition coefficient (Wildman–Crippen LogP) is 10.4. The van der Waals surface area contributed by atoms with Gasteiger partial charge in [0.25, 0.3) is 0 Å². The van der Waals surface area contributed by atoms with Gasteiger partial charge in [0.15, 0.2) is 0 Å². The third-order valence-electron chi connectivity index (χ3n) is 8.65. The molecule has 264 valence electrons. The van der Waals surface area contributed by atoms with Crippen LogP contribution in [0.4, 0.5) is 0 Å². The molecule has 0 saturated heterocycles. The number of aliphatic hydroxyl groups excluding tert-OH is 3. The van der Waals surface area contributed by atoms with Crippen LogP contribution in [0.15, 0.2) is 36.5 Å². The molecule has 3 unspecified atom stereocenters. The molecule has 0 aromatic carbocycles. The van der Waals surface area contributed by atoms with Gasteiger partial charge in [0.1, 0.15) is 0 Å². The first-order chi connectivity index (χ1) is 22.0. The van der Waals surface area contributed by atoms with Crippen LogP contribution in [0.25, 0.3) is 0 Å². The van der Waals surface area contributed by atoms with Crippen molar-refractivity contribution in [3.05, 3.63) is 36.5 Å². The molecular weight excluding hydrogens is 558 g/mol. The maximum absolute atomic E-state index is 12.4. The molecular formula is C40H75NO4. The summed E-state index contributed by atoms with van der Waals surface area (Å²) < 4.78 is 0. The molecule has 5 nitrogen and oxygen atoms in total. The van der Waals surface area contributed by atoms with E-state index in [0.717, 1.165) is 44.9 Å². The lowest BCUT2D eigenvalue weighted by Crippen LogP contribution is -2.45. The number of aliphatic hydroxyl groups is 3. The van der Waals surface area contributed by atoms with Crippen LogP contribution in [0.3, 0.4) is 0 Å². The van der Waals surface area contributed by atoms with E-state index in [0.29, 0.717) is 6.42 Å². The minimum atomic E-state index is -0.951. The Balaban J connectivity index is 3.77. The van der Waals surface area contributed by atoms with Crippen molar-refractivity contribution in [1.29, 1.82) is 0 Å². The van der Waals surface area contributed by atoms with Gasteiger partial charge in [-0.1, -0.05) is 159 Å². The fourth-order valence-corrected chi connectivity index (χ4v) is 5.64. The summed E-state index contributed by atoms with van der Waals surface area (Å²) in [6.45, 7) is 4.17. The van der Waals surface area contributed by atoms with Crippen LogP contribution in [0.2, 0.25) is 0 Å². The smallest absolute Gasteiger partial charge is 0.222 e. The van der Waals surface area contributed by atoms with Crippen LogP contribution in [-0.2, 0) is 4.79 Å². The van der Waals surface area contributed by atoms with Gasteiger partial charge in [-0.15, -0.1) is 0 Å². The van der Waals surface area contributed by atoms with Crippen LogP contribution < -0.4 is 5.32 Å². The van der Waals surface area contributed by atoms with Crippen molar-refractivity contribution >= 4 is 5.91 Å². The lowest BCUT2D eigenvalue weighted by atomic mass is 10.0. The zero-order valence-corrected chi connectivity index (χ0v) is 29.7. The molecule has 0 rings (SSSR count). The van der Waals surface area contributed by atoms with Crippen LogP contribution in [0, 0.1) is 0 Å². The highest BCUT2D eigenvalue weighted by Crippen LogP contribution is 2.13. The number of carbonyl (C=O) groups is 1. The predicted molar refractivity (Wildman–Crippen MR) is 194 cm³/mol. The second kappa shape index (κ2) is 35.4. The van der Waals surface area contributed by atoms with Gasteiger partial charge in [0.05, 0.1) is 31.3 Å². The maximum atomic E-state index is 12.4. The zero-order chi connectivity index (χ0) is 33.1. The zero-order valence-electron chi connectivity index (χ0n) is 29.7. The van der Waals surface area contributed by atoms with Gasteiger partial charge in [-0.3, -0.25) is 4.79 Å². The van der Waals surface area contributed by atoms with E-state index in [2.05, 4.69) is 43.5 Å². The first-order valence-corrected chi connectivity index (χ1v) is 19.3. The Labute approximate surface area is 279 Å². The Bertz CT molecular complexity index is 704. The number of allylic oxidation sites excluding steroid dienone is 5. The summed E-state index contributed by atoms with van der Waals surface area (Å²) in [5.74, 6) is -0.332. The standard InChI is InChI=1S/C40H75NO4/c1-3-5-7-9-11-13-15-17-18-19-20-22-23-25-27-29-31-33-37(43)35-40(45)41-38(36-42)39(44)34-32-30-28-26-24-21-16-14-12-10-8-6-4-2/h19-20,24,26,32,34,37-39,42-44H,3-18,21-23,25,27-31,33,35-36H2,1-2H3,(H,41,45)/b20-19-,26-24+,34-32+. The Morgan fingerprint density at radius 3 is 1.42 bits per heavy atom. The average Bonchev–Trinajstić information content (AvgIpc) is 3.03. The molecule has 1 amide bonds. The van der Waals surface area contributed by atoms with Gasteiger partial charge in [-0.2, -0.15) is 0 Å². The molecule has 0 fully saturated rings. The van der Waals surface area contributed by atoms with Crippen molar-refractivity contribution < 1.29 is 20.1 Å². The van der Waals surface area contributed by atoms with Crippen molar-refractivity contribution in [2.75, 3.05) is 6.61 Å². The number of hydrogen-bond acceptors (Lipinski definition) is 4. The van der Waals surface area contributed by atoms with E-state index < -0.39 is 18.2 Å². The van der Waals surface area contributed by atoms with Gasteiger partial charge in [0.2, 0.25) is 5.91 Å². The third-order valence-corrected chi connectivity index (χ3v) is 8.65. The maximum Gasteiger partial charge on any atom is 0.222 e. The normalized spacial score (nSPS) is 14.2. The first-order valence-electron chi connectivity index (χ1n) is 19.3. The van der Waals surface area contributed by atoms with E-state index in [1.807, 2.05) is 6.08 Å². The highest BCUT2D eigenvalue weighted by atomic mass is 16.3. The highest BCUT2D eigenvalue weighted by Gasteiger charge is 2.20. The molecule has 45 heavy (non-hydrogen) atoms. The van der Waals surface area contributed by atoms with Crippen molar-refractivity contribution in [2.24, 2.45) is 0 Å². The first kappa shape index (κ1) is 43.6. The van der Waals surface area contributed by atoms with E-state index in [1.54, 1.807) is 6.08 Å². The lowest BCUT2D eigenvalue weighted by Gasteiger charge is -2.20. The molecule has 0 saturated carbocycles. The van der Waals surface area contributed by atoms with Crippen molar-refractivity contribution in [3.63, 3.8) is 0 Å². The summed E-state index contributed by atoms with van der Waals surface area (Å²) >= 11 is 0. The molecule has 0 aromatic rings. The second-order valence-electron chi connectivity index (χ2n) is 13.2. The van der Waals surface area contributed by atoms with Crippen LogP contribution in [-0.4, -0.2) is 46.1 Å². The molecule has 0 spiro atoms. The van der Waals surface area contributed by atoms with E-state index in [1.165, 1.54) is 116 Å². The SMILES string of the molecule is CCCCCCCCC/C=C/CC/C=C/C(O)C(CO)NC(=O)CC(O)CCCCCCC/C=C\CCCCCCCCCC. The summed E-state index contributed by atoms with van der Waals surface area (Å²) in [5.41, 5.74) is 0. The largest absolute Gasteiger partial charge is 0.394 e. The monoisotopic (exact) mass is 634 g/mol. The summed E-state index contributed by atoms with van der Waals surface area (Å²) in [7, 11) is 0. The lowest BCUT2D eigenvalue weighted by molar-refractivity contribution is -0.124. The summed E-state index contributed by atoms with van der Waals surface area (Å²) in [5, 5.41) is 33.0. The Kier molecular flexibility index (Phi) is 34.3. The number of rotatable bonds is 34. The van der Waals surface area contributed by atoms with Crippen LogP contribution in [0.1, 0.15) is 187 Å². The molecule has 0 heterocycles. The average molecular weight is 634 g/mol. The third kappa shape index (κ3) is 32.3.